The molecule has 1 saturated heterocycles. The molecule has 1 fully saturated rings. The second kappa shape index (κ2) is 10.3. The molecule has 0 aliphatic carbocycles. The molecule has 8 heteroatoms. The quantitative estimate of drug-likeness (QED) is 0.273. The summed E-state index contributed by atoms with van der Waals surface area (Å²) in [6.45, 7) is 2.06. The highest BCUT2D eigenvalue weighted by atomic mass is 35.5. The second-order valence-corrected chi connectivity index (χ2v) is 8.94. The maximum absolute atomic E-state index is 12.3. The van der Waals surface area contributed by atoms with Crippen LogP contribution in [0.15, 0.2) is 30.3 Å². The minimum Gasteiger partial charge on any atom is -0.493 e. The number of benzene rings is 3. The number of hydrogen-bond acceptors (Lipinski definition) is 7. The van der Waals surface area contributed by atoms with Gasteiger partial charge in [0.2, 0.25) is 0 Å². The summed E-state index contributed by atoms with van der Waals surface area (Å²) < 4.78 is 21.4. The molecule has 0 unspecified atom stereocenters. The Balaban J connectivity index is 0.00000289. The Hall–Kier alpha value is -3.03. The van der Waals surface area contributed by atoms with Crippen LogP contribution in [0.25, 0.3) is 21.5 Å². The highest BCUT2D eigenvalue weighted by molar-refractivity contribution is 6.12. The number of carbonyl (C=O) groups excluding carboxylic acids is 2. The molecule has 0 saturated carbocycles. The van der Waals surface area contributed by atoms with Gasteiger partial charge in [0.05, 0.1) is 34.2 Å². The summed E-state index contributed by atoms with van der Waals surface area (Å²) in [4.78, 5) is 26.2. The average Bonchev–Trinajstić information content (AvgIpc) is 3.33. The van der Waals surface area contributed by atoms with E-state index in [0.717, 1.165) is 35.7 Å². The molecule has 5 rings (SSSR count). The molecule has 7 nitrogen and oxygen atoms in total. The molecule has 0 amide bonds. The van der Waals surface area contributed by atoms with Gasteiger partial charge in [0, 0.05) is 12.6 Å². The first-order chi connectivity index (χ1) is 16.5. The van der Waals surface area contributed by atoms with Crippen LogP contribution in [0, 0.1) is 0 Å². The molecule has 0 bridgehead atoms. The smallest absolute Gasteiger partial charge is 0.311 e. The Morgan fingerprint density at radius 1 is 0.886 bits per heavy atom. The van der Waals surface area contributed by atoms with Gasteiger partial charge in [-0.2, -0.15) is 0 Å². The van der Waals surface area contributed by atoms with E-state index in [1.807, 2.05) is 18.2 Å². The van der Waals surface area contributed by atoms with Gasteiger partial charge < -0.3 is 18.9 Å². The van der Waals surface area contributed by atoms with Crippen LogP contribution in [0.5, 0.6) is 17.2 Å². The zero-order chi connectivity index (χ0) is 23.8. The van der Waals surface area contributed by atoms with Gasteiger partial charge in [-0.25, -0.2) is 0 Å². The molecule has 2 aliphatic heterocycles. The summed E-state index contributed by atoms with van der Waals surface area (Å²) in [5, 5.41) is 4.37. The van der Waals surface area contributed by atoms with E-state index in [9.17, 15) is 9.59 Å². The van der Waals surface area contributed by atoms with E-state index in [1.54, 1.807) is 14.2 Å². The first-order valence-electron chi connectivity index (χ1n) is 11.7. The van der Waals surface area contributed by atoms with E-state index in [-0.39, 0.29) is 25.2 Å². The van der Waals surface area contributed by atoms with Gasteiger partial charge in [-0.05, 0) is 82.7 Å². The van der Waals surface area contributed by atoms with E-state index in [4.69, 9.17) is 14.2 Å². The van der Waals surface area contributed by atoms with Crippen LogP contribution in [0.4, 0.5) is 0 Å². The molecule has 0 aromatic heterocycles. The zero-order valence-corrected chi connectivity index (χ0v) is 21.0. The van der Waals surface area contributed by atoms with Gasteiger partial charge in [0.1, 0.15) is 5.75 Å². The highest BCUT2D eigenvalue weighted by Crippen LogP contribution is 2.44. The highest BCUT2D eigenvalue weighted by Gasteiger charge is 2.32. The molecule has 0 radical (unpaired) electrons. The van der Waals surface area contributed by atoms with Gasteiger partial charge in [-0.15, -0.1) is 12.4 Å². The number of rotatable bonds is 6. The Morgan fingerprint density at radius 2 is 1.57 bits per heavy atom. The fraction of sp³-hybridized carbons (Fsp3) is 0.407. The van der Waals surface area contributed by atoms with Gasteiger partial charge in [0.25, 0.3) is 0 Å². The number of ether oxygens (including phenoxy) is 4. The summed E-state index contributed by atoms with van der Waals surface area (Å²) in [5.41, 5.74) is 2.70. The number of esters is 2. The molecule has 2 aliphatic rings. The van der Waals surface area contributed by atoms with Crippen LogP contribution in [0.2, 0.25) is 0 Å². The predicted molar refractivity (Wildman–Crippen MR) is 136 cm³/mol. The molecule has 186 valence electrons. The van der Waals surface area contributed by atoms with Crippen molar-refractivity contribution in [3.05, 3.63) is 41.5 Å². The minimum absolute atomic E-state index is 0. The lowest BCUT2D eigenvalue weighted by Gasteiger charge is -2.33. The summed E-state index contributed by atoms with van der Waals surface area (Å²) in [6.07, 6.45) is 3.43. The Morgan fingerprint density at radius 3 is 2.29 bits per heavy atom. The molecular formula is C27H30ClNO6. The monoisotopic (exact) mass is 499 g/mol. The number of nitrogens with zero attached hydrogens (tertiary/aromatic N) is 1. The molecule has 2 heterocycles. The summed E-state index contributed by atoms with van der Waals surface area (Å²) in [6, 6.07) is 10.5. The fourth-order valence-electron chi connectivity index (χ4n) is 5.43. The van der Waals surface area contributed by atoms with Crippen molar-refractivity contribution in [2.45, 2.75) is 44.7 Å². The topological polar surface area (TPSA) is 74.3 Å². The van der Waals surface area contributed by atoms with Crippen molar-refractivity contribution in [3.63, 3.8) is 0 Å². The first kappa shape index (κ1) is 25.1. The molecule has 0 N–H and O–H groups in total. The number of fused-ring (bicyclic) bond motifs is 7. The van der Waals surface area contributed by atoms with Gasteiger partial charge in [0.15, 0.2) is 11.5 Å². The zero-order valence-electron chi connectivity index (χ0n) is 20.2. The third kappa shape index (κ3) is 4.62. The molecule has 0 spiro atoms. The van der Waals surface area contributed by atoms with Crippen LogP contribution in [0.3, 0.4) is 0 Å². The third-order valence-corrected chi connectivity index (χ3v) is 7.11. The maximum atomic E-state index is 12.3. The predicted octanol–water partition coefficient (Wildman–Crippen LogP) is 4.81. The van der Waals surface area contributed by atoms with E-state index in [1.165, 1.54) is 36.5 Å². The Labute approximate surface area is 210 Å². The SMILES string of the molecule is COC(=O)CCC(=O)Oc1ccc2c3c(c4cc(OC)c(OC)cc4c2c1)CN1CCC[C@H]1C3.Cl. The van der Waals surface area contributed by atoms with Gasteiger partial charge in [-0.3, -0.25) is 14.5 Å². The van der Waals surface area contributed by atoms with Crippen LogP contribution in [0.1, 0.15) is 36.8 Å². The fourth-order valence-corrected chi connectivity index (χ4v) is 5.43. The lowest BCUT2D eigenvalue weighted by atomic mass is 9.85. The minimum atomic E-state index is -0.465. The van der Waals surface area contributed by atoms with Crippen molar-refractivity contribution in [2.75, 3.05) is 27.9 Å². The summed E-state index contributed by atoms with van der Waals surface area (Å²) in [5.74, 6) is 0.914. The number of halogens is 1. The first-order valence-corrected chi connectivity index (χ1v) is 11.7. The van der Waals surface area contributed by atoms with Crippen molar-refractivity contribution < 1.29 is 28.5 Å². The van der Waals surface area contributed by atoms with Crippen molar-refractivity contribution in [3.8, 4) is 17.2 Å². The maximum Gasteiger partial charge on any atom is 0.311 e. The molecule has 3 aromatic carbocycles. The van der Waals surface area contributed by atoms with E-state index < -0.39 is 11.9 Å². The molecular weight excluding hydrogens is 470 g/mol. The van der Waals surface area contributed by atoms with Crippen molar-refractivity contribution >= 4 is 45.9 Å². The summed E-state index contributed by atoms with van der Waals surface area (Å²) >= 11 is 0. The van der Waals surface area contributed by atoms with Crippen molar-refractivity contribution in [1.82, 2.24) is 4.90 Å². The normalized spacial score (nSPS) is 16.8. The lowest BCUT2D eigenvalue weighted by molar-refractivity contribution is -0.144. The lowest BCUT2D eigenvalue weighted by Crippen LogP contribution is -2.35. The van der Waals surface area contributed by atoms with E-state index in [2.05, 4.69) is 21.8 Å². The summed E-state index contributed by atoms with van der Waals surface area (Å²) in [7, 11) is 4.59. The number of methoxy groups -OCH3 is 3. The van der Waals surface area contributed by atoms with E-state index >= 15 is 0 Å². The van der Waals surface area contributed by atoms with Crippen LogP contribution < -0.4 is 14.2 Å². The molecule has 35 heavy (non-hydrogen) atoms. The Bertz CT molecular complexity index is 1290. The van der Waals surface area contributed by atoms with Crippen molar-refractivity contribution in [2.24, 2.45) is 0 Å². The average molecular weight is 500 g/mol. The van der Waals surface area contributed by atoms with Crippen LogP contribution >= 0.6 is 12.4 Å². The second-order valence-electron chi connectivity index (χ2n) is 8.94. The Kier molecular flexibility index (Phi) is 7.38. The van der Waals surface area contributed by atoms with Crippen molar-refractivity contribution in [1.29, 1.82) is 0 Å². The van der Waals surface area contributed by atoms with Crippen LogP contribution in [-0.2, 0) is 27.3 Å². The number of carbonyl (C=O) groups is 2. The molecule has 1 atom stereocenters. The van der Waals surface area contributed by atoms with Gasteiger partial charge >= 0.3 is 11.9 Å². The van der Waals surface area contributed by atoms with Crippen LogP contribution in [-0.4, -0.2) is 50.8 Å². The van der Waals surface area contributed by atoms with E-state index in [0.29, 0.717) is 23.3 Å². The standard InChI is InChI=1S/C27H29NO6.ClH/c1-31-24-13-21-20-12-17(34-27(30)9-8-26(29)33-3)6-7-18(20)19-11-16-5-4-10-28(16)15-23(19)22(21)14-25(24)32-2;/h6-7,12-14,16H,4-5,8-11,15H2,1-3H3;1H/t16-;/m0./s1. The van der Waals surface area contributed by atoms with Gasteiger partial charge in [-0.1, -0.05) is 6.07 Å². The third-order valence-electron chi connectivity index (χ3n) is 7.11. The number of hydrogen-bond donors (Lipinski definition) is 0. The largest absolute Gasteiger partial charge is 0.493 e. The molecule has 3 aromatic rings.